The molecule has 1 aromatic carbocycles. The van der Waals surface area contributed by atoms with Gasteiger partial charge in [-0.3, -0.25) is 4.21 Å². The zero-order valence-corrected chi connectivity index (χ0v) is 12.5. The molecule has 5 heteroatoms. The molecular formula is C15H21F2NOS. The van der Waals surface area contributed by atoms with E-state index < -0.39 is 22.4 Å². The van der Waals surface area contributed by atoms with E-state index in [9.17, 15) is 13.0 Å². The summed E-state index contributed by atoms with van der Waals surface area (Å²) in [4.78, 5) is 0.388. The second kappa shape index (κ2) is 7.27. The standard InChI is InChI=1S/C15H21F2NOS/c1-2-18-14-6-4-3-5-7-15(14)20(19)11-8-9-12(16)13(17)10-11/h8-10,14-15,18H,2-7H2,1H3. The lowest BCUT2D eigenvalue weighted by Crippen LogP contribution is -2.41. The normalized spacial score (nSPS) is 25.1. The summed E-state index contributed by atoms with van der Waals surface area (Å²) in [6, 6.07) is 3.75. The molecule has 0 saturated heterocycles. The maximum atomic E-state index is 13.3. The van der Waals surface area contributed by atoms with Gasteiger partial charge in [-0.05, 0) is 37.6 Å². The minimum Gasteiger partial charge on any atom is -0.313 e. The van der Waals surface area contributed by atoms with Gasteiger partial charge in [0.2, 0.25) is 0 Å². The Morgan fingerprint density at radius 1 is 1.20 bits per heavy atom. The van der Waals surface area contributed by atoms with E-state index in [4.69, 9.17) is 0 Å². The molecule has 20 heavy (non-hydrogen) atoms. The molecule has 0 radical (unpaired) electrons. The monoisotopic (exact) mass is 301 g/mol. The maximum Gasteiger partial charge on any atom is 0.160 e. The minimum absolute atomic E-state index is 0.0256. The lowest BCUT2D eigenvalue weighted by Gasteiger charge is -2.25. The van der Waals surface area contributed by atoms with E-state index in [1.807, 2.05) is 6.92 Å². The summed E-state index contributed by atoms with van der Waals surface area (Å²) in [7, 11) is -1.30. The molecule has 1 fully saturated rings. The molecule has 2 nitrogen and oxygen atoms in total. The van der Waals surface area contributed by atoms with Crippen molar-refractivity contribution in [1.29, 1.82) is 0 Å². The quantitative estimate of drug-likeness (QED) is 0.864. The number of hydrogen-bond donors (Lipinski definition) is 1. The van der Waals surface area contributed by atoms with Gasteiger partial charge >= 0.3 is 0 Å². The Kier molecular flexibility index (Phi) is 5.66. The number of nitrogens with one attached hydrogen (secondary N) is 1. The summed E-state index contributed by atoms with van der Waals surface area (Å²) >= 11 is 0. The van der Waals surface area contributed by atoms with Crippen LogP contribution in [0.4, 0.5) is 8.78 Å². The fraction of sp³-hybridized carbons (Fsp3) is 0.600. The van der Waals surface area contributed by atoms with Crippen LogP contribution in [0.2, 0.25) is 0 Å². The van der Waals surface area contributed by atoms with Crippen LogP contribution in [0.25, 0.3) is 0 Å². The predicted molar refractivity (Wildman–Crippen MR) is 77.1 cm³/mol. The van der Waals surface area contributed by atoms with Crippen LogP contribution < -0.4 is 5.32 Å². The second-order valence-corrected chi connectivity index (χ2v) is 6.89. The van der Waals surface area contributed by atoms with Crippen molar-refractivity contribution in [2.24, 2.45) is 0 Å². The van der Waals surface area contributed by atoms with Gasteiger partial charge in [0, 0.05) is 10.9 Å². The first-order chi connectivity index (χ1) is 9.63. The Morgan fingerprint density at radius 3 is 2.65 bits per heavy atom. The molecule has 0 spiro atoms. The molecule has 1 saturated carbocycles. The van der Waals surface area contributed by atoms with Crippen LogP contribution in [0.1, 0.15) is 39.0 Å². The Labute approximate surface area is 121 Å². The van der Waals surface area contributed by atoms with Crippen molar-refractivity contribution < 1.29 is 13.0 Å². The van der Waals surface area contributed by atoms with Crippen molar-refractivity contribution in [3.8, 4) is 0 Å². The third-order valence-electron chi connectivity index (χ3n) is 3.82. The molecule has 1 aliphatic carbocycles. The number of rotatable bonds is 4. The van der Waals surface area contributed by atoms with Gasteiger partial charge in [0.1, 0.15) is 0 Å². The van der Waals surface area contributed by atoms with Crippen LogP contribution in [0.3, 0.4) is 0 Å². The summed E-state index contributed by atoms with van der Waals surface area (Å²) in [5.41, 5.74) is 0. The Balaban J connectivity index is 2.21. The van der Waals surface area contributed by atoms with Gasteiger partial charge < -0.3 is 5.32 Å². The van der Waals surface area contributed by atoms with Crippen LogP contribution in [0.15, 0.2) is 23.1 Å². The molecule has 3 unspecified atom stereocenters. The molecule has 0 aromatic heterocycles. The first-order valence-electron chi connectivity index (χ1n) is 7.22. The molecule has 1 N–H and O–H groups in total. The third kappa shape index (κ3) is 3.64. The molecule has 0 bridgehead atoms. The van der Waals surface area contributed by atoms with Gasteiger partial charge in [-0.2, -0.15) is 0 Å². The highest BCUT2D eigenvalue weighted by atomic mass is 32.2. The summed E-state index contributed by atoms with van der Waals surface area (Å²) in [5, 5.41) is 3.36. The number of benzene rings is 1. The average Bonchev–Trinajstić information content (AvgIpc) is 2.67. The van der Waals surface area contributed by atoms with Gasteiger partial charge in [0.05, 0.1) is 16.0 Å². The van der Waals surface area contributed by atoms with Gasteiger partial charge in [-0.25, -0.2) is 8.78 Å². The maximum absolute atomic E-state index is 13.3. The van der Waals surface area contributed by atoms with Crippen LogP contribution in [0, 0.1) is 11.6 Å². The second-order valence-electron chi connectivity index (χ2n) is 5.21. The molecule has 3 atom stereocenters. The van der Waals surface area contributed by atoms with Crippen molar-refractivity contribution in [2.75, 3.05) is 6.54 Å². The van der Waals surface area contributed by atoms with Crippen LogP contribution in [-0.2, 0) is 10.8 Å². The third-order valence-corrected chi connectivity index (χ3v) is 5.65. The predicted octanol–water partition coefficient (Wildman–Crippen LogP) is 3.38. The fourth-order valence-electron chi connectivity index (χ4n) is 2.80. The topological polar surface area (TPSA) is 29.1 Å². The fourth-order valence-corrected chi connectivity index (χ4v) is 4.49. The first kappa shape index (κ1) is 15.6. The molecule has 0 amide bonds. The summed E-state index contributed by atoms with van der Waals surface area (Å²) in [5.74, 6) is -1.82. The summed E-state index contributed by atoms with van der Waals surface area (Å²) in [6.07, 6.45) is 5.18. The Bertz CT molecular complexity index is 481. The smallest absolute Gasteiger partial charge is 0.160 e. The summed E-state index contributed by atoms with van der Waals surface area (Å²) in [6.45, 7) is 2.86. The summed E-state index contributed by atoms with van der Waals surface area (Å²) < 4.78 is 39.0. The molecule has 112 valence electrons. The van der Waals surface area contributed by atoms with Crippen molar-refractivity contribution in [2.45, 2.75) is 55.2 Å². The lowest BCUT2D eigenvalue weighted by molar-refractivity contribution is 0.474. The largest absolute Gasteiger partial charge is 0.313 e. The van der Waals surface area contributed by atoms with E-state index in [1.165, 1.54) is 6.07 Å². The van der Waals surface area contributed by atoms with Gasteiger partial charge in [0.15, 0.2) is 11.6 Å². The van der Waals surface area contributed by atoms with Crippen molar-refractivity contribution in [3.63, 3.8) is 0 Å². The van der Waals surface area contributed by atoms with E-state index >= 15 is 0 Å². The minimum atomic E-state index is -1.30. The van der Waals surface area contributed by atoms with Crippen LogP contribution in [0.5, 0.6) is 0 Å². The SMILES string of the molecule is CCNC1CCCCCC1S(=O)c1ccc(F)c(F)c1. The van der Waals surface area contributed by atoms with Crippen molar-refractivity contribution >= 4 is 10.8 Å². The first-order valence-corrected chi connectivity index (χ1v) is 8.43. The van der Waals surface area contributed by atoms with E-state index in [0.29, 0.717) is 4.90 Å². The number of halogens is 2. The van der Waals surface area contributed by atoms with E-state index in [0.717, 1.165) is 50.8 Å². The van der Waals surface area contributed by atoms with Crippen molar-refractivity contribution in [3.05, 3.63) is 29.8 Å². The molecule has 0 aliphatic heterocycles. The van der Waals surface area contributed by atoms with E-state index in [-0.39, 0.29) is 11.3 Å². The molecule has 1 aromatic rings. The molecular weight excluding hydrogens is 280 g/mol. The highest BCUT2D eigenvalue weighted by Gasteiger charge is 2.29. The molecule has 0 heterocycles. The highest BCUT2D eigenvalue weighted by Crippen LogP contribution is 2.26. The number of hydrogen-bond acceptors (Lipinski definition) is 2. The van der Waals surface area contributed by atoms with Gasteiger partial charge in [-0.15, -0.1) is 0 Å². The van der Waals surface area contributed by atoms with E-state index in [1.54, 1.807) is 0 Å². The van der Waals surface area contributed by atoms with Gasteiger partial charge in [0.25, 0.3) is 0 Å². The van der Waals surface area contributed by atoms with Crippen molar-refractivity contribution in [1.82, 2.24) is 5.32 Å². The average molecular weight is 301 g/mol. The van der Waals surface area contributed by atoms with Gasteiger partial charge in [-0.1, -0.05) is 26.2 Å². The molecule has 2 rings (SSSR count). The van der Waals surface area contributed by atoms with Crippen LogP contribution >= 0.6 is 0 Å². The Hall–Kier alpha value is -0.810. The zero-order chi connectivity index (χ0) is 14.5. The van der Waals surface area contributed by atoms with Crippen LogP contribution in [-0.4, -0.2) is 22.0 Å². The zero-order valence-electron chi connectivity index (χ0n) is 11.7. The lowest BCUT2D eigenvalue weighted by atomic mass is 10.1. The Morgan fingerprint density at radius 2 is 1.95 bits per heavy atom. The molecule has 1 aliphatic rings. The van der Waals surface area contributed by atoms with E-state index in [2.05, 4.69) is 5.32 Å². The highest BCUT2D eigenvalue weighted by molar-refractivity contribution is 7.85.